The molecule has 9 atom stereocenters. The highest BCUT2D eigenvalue weighted by atomic mass is 16.6. The molecule has 0 spiro atoms. The molecule has 2 aliphatic heterocycles. The Bertz CT molecular complexity index is 1180. The van der Waals surface area contributed by atoms with E-state index in [4.69, 9.17) is 18.9 Å². The third kappa shape index (κ3) is 7.50. The van der Waals surface area contributed by atoms with Crippen LogP contribution in [0.15, 0.2) is 18.2 Å². The Morgan fingerprint density at radius 3 is 2.42 bits per heavy atom. The second-order valence-corrected chi connectivity index (χ2v) is 12.5. The Kier molecular flexibility index (Phi) is 11.2. The van der Waals surface area contributed by atoms with Gasteiger partial charge in [-0.3, -0.25) is 4.79 Å². The second kappa shape index (κ2) is 13.9. The minimum Gasteiger partial charge on any atom is -0.508 e. The van der Waals surface area contributed by atoms with Crippen LogP contribution in [-0.4, -0.2) is 101 Å². The molecule has 0 aromatic heterocycles. The van der Waals surface area contributed by atoms with Crippen LogP contribution >= 0.6 is 0 Å². The highest BCUT2D eigenvalue weighted by molar-refractivity contribution is 5.96. The minimum atomic E-state index is -1.50. The largest absolute Gasteiger partial charge is 0.508 e. The van der Waals surface area contributed by atoms with Crippen molar-refractivity contribution >= 4 is 11.9 Å². The molecule has 0 radical (unpaired) electrons. The number of rotatable bonds is 12. The van der Waals surface area contributed by atoms with Gasteiger partial charge in [0.15, 0.2) is 12.3 Å². The molecule has 1 aromatic rings. The summed E-state index contributed by atoms with van der Waals surface area (Å²) in [6.07, 6.45) is -6.89. The zero-order valence-corrected chi connectivity index (χ0v) is 26.0. The number of aromatic hydroxyl groups is 2. The monoisotopic (exact) mass is 609 g/mol. The summed E-state index contributed by atoms with van der Waals surface area (Å²) < 4.78 is 22.7. The van der Waals surface area contributed by atoms with E-state index in [-0.39, 0.29) is 42.7 Å². The molecule has 0 saturated carbocycles. The fourth-order valence-corrected chi connectivity index (χ4v) is 5.80. The molecule has 0 aliphatic carbocycles. The molecule has 6 N–H and O–H groups in total. The van der Waals surface area contributed by atoms with E-state index in [1.807, 2.05) is 13.8 Å². The van der Waals surface area contributed by atoms with Crippen molar-refractivity contribution in [3.8, 4) is 11.5 Å². The molecule has 12 heteroatoms. The van der Waals surface area contributed by atoms with Crippen LogP contribution in [0.3, 0.4) is 0 Å². The highest BCUT2D eigenvalue weighted by Gasteiger charge is 2.48. The van der Waals surface area contributed by atoms with E-state index in [2.05, 4.69) is 11.9 Å². The van der Waals surface area contributed by atoms with Gasteiger partial charge >= 0.3 is 5.97 Å². The molecule has 1 fully saturated rings. The number of carbonyl (C=O) groups excluding carboxylic acids is 2. The first-order valence-electron chi connectivity index (χ1n) is 14.5. The van der Waals surface area contributed by atoms with Crippen molar-refractivity contribution in [2.24, 2.45) is 11.3 Å². The number of benzene rings is 1. The predicted molar refractivity (Wildman–Crippen MR) is 155 cm³/mol. The molecule has 43 heavy (non-hydrogen) atoms. The SMILES string of the molecule is C=C(C)C[C@@H](OC)[C@H](O)C(=O)N[C@@H](OC)[C@@H]1C[C@@H](O)C(C)(C)[C@@H](C[C@H](O)[C@@H](C)[C@H]2Cc3c(C)c(O)cc(O)c3C(=O)O2)O1. The number of esters is 1. The number of phenolic OH excluding ortho intramolecular Hbond substituents is 2. The molecule has 2 heterocycles. The molecule has 0 unspecified atom stereocenters. The van der Waals surface area contributed by atoms with Gasteiger partial charge in [-0.1, -0.05) is 26.3 Å². The van der Waals surface area contributed by atoms with E-state index >= 15 is 0 Å². The van der Waals surface area contributed by atoms with Gasteiger partial charge < -0.3 is 49.8 Å². The maximum atomic E-state index is 12.9. The Labute approximate surface area is 252 Å². The molecule has 1 saturated heterocycles. The van der Waals surface area contributed by atoms with Gasteiger partial charge in [-0.2, -0.15) is 0 Å². The van der Waals surface area contributed by atoms with E-state index in [1.54, 1.807) is 20.8 Å². The van der Waals surface area contributed by atoms with Crippen molar-refractivity contribution < 1.29 is 54.1 Å². The average Bonchev–Trinajstić information content (AvgIpc) is 2.94. The van der Waals surface area contributed by atoms with Crippen LogP contribution in [0.5, 0.6) is 11.5 Å². The minimum absolute atomic E-state index is 0.00479. The van der Waals surface area contributed by atoms with E-state index in [9.17, 15) is 35.1 Å². The van der Waals surface area contributed by atoms with Crippen molar-refractivity contribution in [3.05, 3.63) is 34.9 Å². The van der Waals surface area contributed by atoms with Gasteiger partial charge in [-0.25, -0.2) is 4.79 Å². The lowest BCUT2D eigenvalue weighted by molar-refractivity contribution is -0.217. The lowest BCUT2D eigenvalue weighted by atomic mass is 9.73. The van der Waals surface area contributed by atoms with Crippen molar-refractivity contribution in [1.82, 2.24) is 5.32 Å². The van der Waals surface area contributed by atoms with Gasteiger partial charge in [0.05, 0.1) is 24.4 Å². The first-order valence-corrected chi connectivity index (χ1v) is 14.5. The van der Waals surface area contributed by atoms with Gasteiger partial charge in [0.2, 0.25) is 0 Å². The number of hydrogen-bond donors (Lipinski definition) is 6. The Morgan fingerprint density at radius 1 is 1.19 bits per heavy atom. The number of aliphatic hydroxyl groups excluding tert-OH is 3. The molecular weight excluding hydrogens is 562 g/mol. The normalized spacial score (nSPS) is 26.8. The van der Waals surface area contributed by atoms with Crippen LogP contribution in [0.4, 0.5) is 0 Å². The number of hydrogen-bond acceptors (Lipinski definition) is 11. The number of carbonyl (C=O) groups is 2. The van der Waals surface area contributed by atoms with Crippen molar-refractivity contribution in [2.75, 3.05) is 14.2 Å². The van der Waals surface area contributed by atoms with Gasteiger partial charge in [0, 0.05) is 50.9 Å². The zero-order chi connectivity index (χ0) is 32.4. The number of amides is 1. The van der Waals surface area contributed by atoms with E-state index in [0.29, 0.717) is 11.1 Å². The average molecular weight is 610 g/mol. The molecule has 242 valence electrons. The first-order chi connectivity index (χ1) is 20.0. The van der Waals surface area contributed by atoms with E-state index in [1.165, 1.54) is 14.2 Å². The predicted octanol–water partition coefficient (Wildman–Crippen LogP) is 1.85. The van der Waals surface area contributed by atoms with Gasteiger partial charge in [0.1, 0.15) is 29.3 Å². The van der Waals surface area contributed by atoms with Crippen LogP contribution in [0.1, 0.15) is 68.4 Å². The van der Waals surface area contributed by atoms with Crippen LogP contribution in [0.2, 0.25) is 0 Å². The molecular formula is C31H47NO11. The van der Waals surface area contributed by atoms with Crippen LogP contribution < -0.4 is 5.32 Å². The van der Waals surface area contributed by atoms with Crippen LogP contribution in [0, 0.1) is 18.3 Å². The molecule has 2 aliphatic rings. The first kappa shape index (κ1) is 34.7. The molecule has 1 aromatic carbocycles. The van der Waals surface area contributed by atoms with Gasteiger partial charge in [-0.15, -0.1) is 6.58 Å². The fraction of sp³-hybridized carbons (Fsp3) is 0.677. The van der Waals surface area contributed by atoms with Gasteiger partial charge in [0.25, 0.3) is 5.91 Å². The van der Waals surface area contributed by atoms with Crippen molar-refractivity contribution in [3.63, 3.8) is 0 Å². The lowest BCUT2D eigenvalue weighted by Crippen LogP contribution is -2.59. The van der Waals surface area contributed by atoms with E-state index in [0.717, 1.165) is 11.6 Å². The third-order valence-corrected chi connectivity index (χ3v) is 9.02. The lowest BCUT2D eigenvalue weighted by Gasteiger charge is -2.48. The summed E-state index contributed by atoms with van der Waals surface area (Å²) >= 11 is 0. The Morgan fingerprint density at radius 2 is 1.84 bits per heavy atom. The summed E-state index contributed by atoms with van der Waals surface area (Å²) in [4.78, 5) is 25.6. The van der Waals surface area contributed by atoms with Crippen molar-refractivity contribution in [2.45, 2.75) is 109 Å². The van der Waals surface area contributed by atoms with E-state index < -0.39 is 72.2 Å². The number of ether oxygens (including phenoxy) is 4. The number of cyclic esters (lactones) is 1. The van der Waals surface area contributed by atoms with Crippen molar-refractivity contribution in [1.29, 1.82) is 0 Å². The third-order valence-electron chi connectivity index (χ3n) is 9.02. The van der Waals surface area contributed by atoms with Crippen LogP contribution in [0.25, 0.3) is 0 Å². The topological polar surface area (TPSA) is 184 Å². The molecule has 12 nitrogen and oxygen atoms in total. The summed E-state index contributed by atoms with van der Waals surface area (Å²) in [5.74, 6) is -2.57. The van der Waals surface area contributed by atoms with Crippen LogP contribution in [-0.2, 0) is 30.2 Å². The quantitative estimate of drug-likeness (QED) is 0.115. The Hall–Kier alpha value is -2.74. The summed E-state index contributed by atoms with van der Waals surface area (Å²) in [5, 5.41) is 56.0. The number of aliphatic hydroxyl groups is 3. The zero-order valence-electron chi connectivity index (χ0n) is 26.0. The summed E-state index contributed by atoms with van der Waals surface area (Å²) in [7, 11) is 2.76. The standard InChI is InChI=1S/C31H47NO11/c1-14(2)9-22(40-7)27(37)28(38)32-29(41-8)23-13-24(36)31(5,6)25(42-23)12-19(34)16(4)21-10-17-15(3)18(33)11-20(35)26(17)30(39)43-21/h11,16,19,21-25,27,29,33-37H,1,9-10,12-13H2,2-8H3,(H,32,38)/t16-,19+,21-,22-,23+,24-,25-,27+,29+/m1/s1. The summed E-state index contributed by atoms with van der Waals surface area (Å²) in [5.41, 5.74) is 0.851. The smallest absolute Gasteiger partial charge is 0.342 e. The number of fused-ring (bicyclic) bond motifs is 1. The number of methoxy groups -OCH3 is 2. The molecule has 1 amide bonds. The summed E-state index contributed by atoms with van der Waals surface area (Å²) in [6.45, 7) is 12.6. The molecule has 0 bridgehead atoms. The maximum absolute atomic E-state index is 12.9. The second-order valence-electron chi connectivity index (χ2n) is 12.5. The fourth-order valence-electron chi connectivity index (χ4n) is 5.80. The summed E-state index contributed by atoms with van der Waals surface area (Å²) in [6, 6.07) is 1.10. The maximum Gasteiger partial charge on any atom is 0.342 e. The number of nitrogens with one attached hydrogen (secondary N) is 1. The Balaban J connectivity index is 1.73. The number of phenols is 2. The molecule has 3 rings (SSSR count). The highest BCUT2D eigenvalue weighted by Crippen LogP contribution is 2.42. The van der Waals surface area contributed by atoms with Gasteiger partial charge in [-0.05, 0) is 31.4 Å².